The number of rotatable bonds is 3. The van der Waals surface area contributed by atoms with Gasteiger partial charge in [0.15, 0.2) is 0 Å². The first-order valence-electron chi connectivity index (χ1n) is 9.98. The summed E-state index contributed by atoms with van der Waals surface area (Å²) in [7, 11) is 2.23. The molecule has 0 aliphatic carbocycles. The van der Waals surface area contributed by atoms with Crippen LogP contribution in [-0.2, 0) is 5.31 Å². The van der Waals surface area contributed by atoms with Crippen molar-refractivity contribution in [2.45, 2.75) is 19.2 Å². The minimum absolute atomic E-state index is 0.159. The Morgan fingerprint density at radius 3 is 2.21 bits per heavy atom. The number of pyridine rings is 1. The molecule has 0 fully saturated rings. The Bertz CT molecular complexity index is 1310. The molecule has 29 heavy (non-hydrogen) atoms. The van der Waals surface area contributed by atoms with Gasteiger partial charge >= 0.3 is 0 Å². The van der Waals surface area contributed by atoms with Crippen molar-refractivity contribution in [2.75, 3.05) is 0 Å². The number of para-hydroxylation sites is 2. The van der Waals surface area contributed by atoms with Gasteiger partial charge in [-0.3, -0.25) is 4.98 Å². The molecule has 5 aromatic rings. The highest BCUT2D eigenvalue weighted by Crippen LogP contribution is 2.35. The van der Waals surface area contributed by atoms with Crippen molar-refractivity contribution in [3.8, 4) is 22.4 Å². The predicted octanol–water partition coefficient (Wildman–Crippen LogP) is 6.18. The van der Waals surface area contributed by atoms with E-state index in [2.05, 4.69) is 82.4 Å². The standard InChI is InChI=1S/C26H22BNO/c1-26(2,27)19-13-10-17(11-14-19)18-12-15-23(28-16-18)22-8-5-7-21-20-6-3-4-9-24(20)29-25(21)22/h3-16H,27H2,1-2H3. The summed E-state index contributed by atoms with van der Waals surface area (Å²) in [5.74, 6) is 0. The summed E-state index contributed by atoms with van der Waals surface area (Å²) in [6, 6.07) is 27.4. The summed E-state index contributed by atoms with van der Waals surface area (Å²) >= 11 is 0. The zero-order valence-electron chi connectivity index (χ0n) is 16.9. The van der Waals surface area contributed by atoms with E-state index in [4.69, 9.17) is 9.40 Å². The molecule has 0 amide bonds. The highest BCUT2D eigenvalue weighted by molar-refractivity contribution is 6.15. The van der Waals surface area contributed by atoms with Crippen LogP contribution in [0.3, 0.4) is 0 Å². The number of hydrogen-bond acceptors (Lipinski definition) is 2. The fourth-order valence-electron chi connectivity index (χ4n) is 3.84. The molecule has 0 atom stereocenters. The van der Waals surface area contributed by atoms with Crippen molar-refractivity contribution in [1.29, 1.82) is 0 Å². The second-order valence-corrected chi connectivity index (χ2v) is 8.54. The van der Waals surface area contributed by atoms with Crippen LogP contribution in [0.1, 0.15) is 19.4 Å². The van der Waals surface area contributed by atoms with Crippen molar-refractivity contribution in [1.82, 2.24) is 4.98 Å². The average molecular weight is 375 g/mol. The van der Waals surface area contributed by atoms with Crippen LogP contribution in [0.4, 0.5) is 0 Å². The fourth-order valence-corrected chi connectivity index (χ4v) is 3.84. The summed E-state index contributed by atoms with van der Waals surface area (Å²) < 4.78 is 6.16. The summed E-state index contributed by atoms with van der Waals surface area (Å²) in [5, 5.41) is 2.42. The normalized spacial score (nSPS) is 11.9. The number of aromatic nitrogens is 1. The molecule has 0 bridgehead atoms. The minimum Gasteiger partial charge on any atom is -0.455 e. The molecule has 0 saturated heterocycles. The molecule has 0 spiro atoms. The van der Waals surface area contributed by atoms with Crippen molar-refractivity contribution in [3.05, 3.63) is 90.6 Å². The van der Waals surface area contributed by atoms with Gasteiger partial charge in [0.1, 0.15) is 19.0 Å². The van der Waals surface area contributed by atoms with Crippen LogP contribution in [0.2, 0.25) is 0 Å². The Labute approximate surface area is 171 Å². The largest absolute Gasteiger partial charge is 0.455 e. The fraction of sp³-hybridized carbons (Fsp3) is 0.115. The maximum absolute atomic E-state index is 6.16. The first-order chi connectivity index (χ1) is 14.0. The Morgan fingerprint density at radius 2 is 1.48 bits per heavy atom. The lowest BCUT2D eigenvalue weighted by Gasteiger charge is -2.19. The van der Waals surface area contributed by atoms with E-state index in [9.17, 15) is 0 Å². The number of nitrogens with zero attached hydrogens (tertiary/aromatic N) is 1. The molecule has 3 heteroatoms. The third kappa shape index (κ3) is 3.13. The van der Waals surface area contributed by atoms with Gasteiger partial charge in [-0.05, 0) is 29.1 Å². The monoisotopic (exact) mass is 375 g/mol. The third-order valence-corrected chi connectivity index (χ3v) is 5.53. The van der Waals surface area contributed by atoms with Gasteiger partial charge in [0.2, 0.25) is 0 Å². The molecule has 140 valence electrons. The van der Waals surface area contributed by atoms with E-state index in [1.807, 2.05) is 24.4 Å². The van der Waals surface area contributed by atoms with Gasteiger partial charge in [0, 0.05) is 28.1 Å². The van der Waals surface area contributed by atoms with Crippen LogP contribution in [0, 0.1) is 0 Å². The second-order valence-electron chi connectivity index (χ2n) is 8.54. The molecule has 2 nitrogen and oxygen atoms in total. The van der Waals surface area contributed by atoms with Crippen molar-refractivity contribution in [2.24, 2.45) is 0 Å². The molecule has 2 heterocycles. The molecule has 0 radical (unpaired) electrons. The number of hydrogen-bond donors (Lipinski definition) is 0. The van der Waals surface area contributed by atoms with E-state index in [1.54, 1.807) is 0 Å². The number of furan rings is 1. The van der Waals surface area contributed by atoms with E-state index in [1.165, 1.54) is 11.1 Å². The molecule has 0 saturated carbocycles. The van der Waals surface area contributed by atoms with E-state index >= 15 is 0 Å². The predicted molar refractivity (Wildman–Crippen MR) is 124 cm³/mol. The van der Waals surface area contributed by atoms with E-state index in [-0.39, 0.29) is 5.31 Å². The lowest BCUT2D eigenvalue weighted by molar-refractivity contribution is 0.670. The summed E-state index contributed by atoms with van der Waals surface area (Å²) in [4.78, 5) is 4.76. The van der Waals surface area contributed by atoms with Gasteiger partial charge in [0.05, 0.1) is 5.69 Å². The molecule has 0 aliphatic rings. The maximum Gasteiger partial charge on any atom is 0.144 e. The maximum atomic E-state index is 6.16. The van der Waals surface area contributed by atoms with Crippen molar-refractivity contribution in [3.63, 3.8) is 0 Å². The number of benzene rings is 3. The summed E-state index contributed by atoms with van der Waals surface area (Å²) in [5.41, 5.74) is 7.37. The summed E-state index contributed by atoms with van der Waals surface area (Å²) in [6.07, 6.45) is 1.95. The molecule has 0 aliphatic heterocycles. The summed E-state index contributed by atoms with van der Waals surface area (Å²) in [6.45, 7) is 4.47. The topological polar surface area (TPSA) is 26.0 Å². The molecule has 0 unspecified atom stereocenters. The van der Waals surface area contributed by atoms with Crippen LogP contribution < -0.4 is 0 Å². The third-order valence-electron chi connectivity index (χ3n) is 5.53. The smallest absolute Gasteiger partial charge is 0.144 e. The molecule has 0 N–H and O–H groups in total. The molecule has 2 aromatic heterocycles. The first kappa shape index (κ1) is 17.8. The van der Waals surface area contributed by atoms with Crippen LogP contribution >= 0.6 is 0 Å². The van der Waals surface area contributed by atoms with Gasteiger partial charge in [-0.25, -0.2) is 0 Å². The van der Waals surface area contributed by atoms with Gasteiger partial charge in [-0.15, -0.1) is 0 Å². The van der Waals surface area contributed by atoms with Gasteiger partial charge in [-0.1, -0.05) is 80.1 Å². The van der Waals surface area contributed by atoms with Crippen LogP contribution in [-0.4, -0.2) is 12.8 Å². The zero-order valence-corrected chi connectivity index (χ0v) is 16.9. The first-order valence-corrected chi connectivity index (χ1v) is 9.98. The SMILES string of the molecule is BC(C)(C)c1ccc(-c2ccc(-c3cccc4c3oc3ccccc34)nc2)cc1. The molecule has 5 rings (SSSR count). The van der Waals surface area contributed by atoms with Crippen LogP contribution in [0.5, 0.6) is 0 Å². The Hall–Kier alpha value is -3.33. The quantitative estimate of drug-likeness (QED) is 0.352. The molecular weight excluding hydrogens is 353 g/mol. The molecule has 3 aromatic carbocycles. The van der Waals surface area contributed by atoms with Crippen LogP contribution in [0.15, 0.2) is 89.5 Å². The highest BCUT2D eigenvalue weighted by atomic mass is 16.3. The Morgan fingerprint density at radius 1 is 0.759 bits per heavy atom. The lowest BCUT2D eigenvalue weighted by Crippen LogP contribution is -2.16. The lowest BCUT2D eigenvalue weighted by atomic mass is 9.67. The van der Waals surface area contributed by atoms with Gasteiger partial charge < -0.3 is 4.42 Å². The second kappa shape index (κ2) is 6.63. The minimum atomic E-state index is 0.159. The van der Waals surface area contributed by atoms with E-state index < -0.39 is 0 Å². The zero-order chi connectivity index (χ0) is 20.0. The van der Waals surface area contributed by atoms with E-state index in [0.29, 0.717) is 0 Å². The van der Waals surface area contributed by atoms with Gasteiger partial charge in [0.25, 0.3) is 0 Å². The van der Waals surface area contributed by atoms with Crippen LogP contribution in [0.25, 0.3) is 44.3 Å². The Kier molecular flexibility index (Phi) is 4.06. The number of fused-ring (bicyclic) bond motifs is 3. The Balaban J connectivity index is 1.54. The van der Waals surface area contributed by atoms with Crippen molar-refractivity contribution >= 4 is 29.8 Å². The van der Waals surface area contributed by atoms with E-state index in [0.717, 1.165) is 38.8 Å². The highest BCUT2D eigenvalue weighted by Gasteiger charge is 2.14. The van der Waals surface area contributed by atoms with Gasteiger partial charge in [-0.2, -0.15) is 0 Å². The van der Waals surface area contributed by atoms with Crippen molar-refractivity contribution < 1.29 is 4.42 Å². The average Bonchev–Trinajstić information content (AvgIpc) is 3.12. The molecular formula is C26H22BNO.